The minimum Gasteiger partial charge on any atom is -0.422 e. The first-order valence-electron chi connectivity index (χ1n) is 6.99. The van der Waals surface area contributed by atoms with E-state index in [0.717, 1.165) is 6.07 Å². The van der Waals surface area contributed by atoms with Gasteiger partial charge in [0.2, 0.25) is 6.39 Å². The lowest BCUT2D eigenvalue weighted by molar-refractivity contribution is -0.136. The Hall–Kier alpha value is -2.97. The third-order valence-corrected chi connectivity index (χ3v) is 3.78. The van der Waals surface area contributed by atoms with E-state index in [2.05, 4.69) is 20.2 Å². The van der Waals surface area contributed by atoms with E-state index in [1.54, 1.807) is 11.3 Å². The van der Waals surface area contributed by atoms with Crippen molar-refractivity contribution in [3.05, 3.63) is 41.5 Å². The minimum absolute atomic E-state index is 0.0122. The van der Waals surface area contributed by atoms with E-state index in [9.17, 15) is 13.2 Å². The molecule has 4 aromatic heterocycles. The van der Waals surface area contributed by atoms with Crippen molar-refractivity contribution >= 4 is 16.7 Å². The number of aromatic nitrogens is 5. The first-order chi connectivity index (χ1) is 11.4. The third-order valence-electron chi connectivity index (χ3n) is 3.78. The maximum atomic E-state index is 13.3. The SMILES string of the molecule is Cc1cc(C(F)(F)F)c2ccc3nc(-c4nnco4)c(C)n3c2n1. The molecule has 4 aromatic rings. The molecule has 0 aliphatic heterocycles. The number of alkyl halides is 3. The van der Waals surface area contributed by atoms with Gasteiger partial charge in [-0.25, -0.2) is 9.97 Å². The molecule has 0 unspecified atom stereocenters. The highest BCUT2D eigenvalue weighted by atomic mass is 19.4. The third kappa shape index (κ3) is 2.04. The molecule has 0 N–H and O–H groups in total. The second-order valence-corrected chi connectivity index (χ2v) is 5.36. The number of pyridine rings is 2. The molecule has 0 radical (unpaired) electrons. The lowest BCUT2D eigenvalue weighted by Crippen LogP contribution is -2.09. The number of hydrogen-bond acceptors (Lipinski definition) is 5. The Morgan fingerprint density at radius 1 is 1.12 bits per heavy atom. The van der Waals surface area contributed by atoms with Crippen LogP contribution in [0.3, 0.4) is 0 Å². The van der Waals surface area contributed by atoms with Crippen LogP contribution in [-0.4, -0.2) is 24.6 Å². The van der Waals surface area contributed by atoms with Crippen molar-refractivity contribution in [3.63, 3.8) is 0 Å². The Labute approximate surface area is 133 Å². The number of halogens is 3. The highest BCUT2D eigenvalue weighted by molar-refractivity contribution is 5.84. The highest BCUT2D eigenvalue weighted by Crippen LogP contribution is 2.36. The molecule has 0 spiro atoms. The summed E-state index contributed by atoms with van der Waals surface area (Å²) in [6, 6.07) is 3.94. The molecule has 0 bridgehead atoms. The van der Waals surface area contributed by atoms with Crippen molar-refractivity contribution in [2.45, 2.75) is 20.0 Å². The molecular formula is C15H10F3N5O. The fraction of sp³-hybridized carbons (Fsp3) is 0.200. The van der Waals surface area contributed by atoms with Crippen LogP contribution < -0.4 is 0 Å². The van der Waals surface area contributed by atoms with Gasteiger partial charge in [0, 0.05) is 11.1 Å². The zero-order valence-corrected chi connectivity index (χ0v) is 12.6. The van der Waals surface area contributed by atoms with Crippen molar-refractivity contribution in [3.8, 4) is 11.6 Å². The summed E-state index contributed by atoms with van der Waals surface area (Å²) in [5.41, 5.74) is 1.19. The lowest BCUT2D eigenvalue weighted by Gasteiger charge is -2.12. The number of rotatable bonds is 1. The van der Waals surface area contributed by atoms with E-state index < -0.39 is 11.7 Å². The van der Waals surface area contributed by atoms with Crippen LogP contribution in [0.25, 0.3) is 28.3 Å². The second-order valence-electron chi connectivity index (χ2n) is 5.36. The van der Waals surface area contributed by atoms with Crippen LogP contribution in [0.1, 0.15) is 17.0 Å². The van der Waals surface area contributed by atoms with Gasteiger partial charge in [0.15, 0.2) is 0 Å². The Morgan fingerprint density at radius 2 is 1.92 bits per heavy atom. The van der Waals surface area contributed by atoms with Crippen LogP contribution in [0.5, 0.6) is 0 Å². The van der Waals surface area contributed by atoms with Gasteiger partial charge in [-0.15, -0.1) is 10.2 Å². The maximum absolute atomic E-state index is 13.3. The van der Waals surface area contributed by atoms with Gasteiger partial charge in [-0.05, 0) is 32.0 Å². The lowest BCUT2D eigenvalue weighted by atomic mass is 10.1. The number of aryl methyl sites for hydroxylation is 2. The summed E-state index contributed by atoms with van der Waals surface area (Å²) < 4.78 is 46.7. The van der Waals surface area contributed by atoms with E-state index in [1.807, 2.05) is 0 Å². The molecule has 6 nitrogen and oxygen atoms in total. The molecule has 0 atom stereocenters. The van der Waals surface area contributed by atoms with Gasteiger partial charge >= 0.3 is 6.18 Å². The molecule has 4 heterocycles. The van der Waals surface area contributed by atoms with Crippen LogP contribution in [0.15, 0.2) is 29.0 Å². The zero-order valence-electron chi connectivity index (χ0n) is 12.6. The first-order valence-corrected chi connectivity index (χ1v) is 6.99. The molecule has 122 valence electrons. The van der Waals surface area contributed by atoms with Crippen LogP contribution in [0.2, 0.25) is 0 Å². The summed E-state index contributed by atoms with van der Waals surface area (Å²) in [5, 5.41) is 7.42. The maximum Gasteiger partial charge on any atom is 0.417 e. The summed E-state index contributed by atoms with van der Waals surface area (Å²) in [7, 11) is 0. The molecular weight excluding hydrogens is 323 g/mol. The Bertz CT molecular complexity index is 1070. The number of hydrogen-bond donors (Lipinski definition) is 0. The summed E-state index contributed by atoms with van der Waals surface area (Å²) >= 11 is 0. The number of fused-ring (bicyclic) bond motifs is 3. The van der Waals surface area contributed by atoms with Crippen molar-refractivity contribution < 1.29 is 17.6 Å². The minimum atomic E-state index is -4.47. The number of nitrogens with zero attached hydrogens (tertiary/aromatic N) is 5. The highest BCUT2D eigenvalue weighted by Gasteiger charge is 2.34. The van der Waals surface area contributed by atoms with Crippen molar-refractivity contribution in [2.75, 3.05) is 0 Å². The molecule has 9 heteroatoms. The Morgan fingerprint density at radius 3 is 2.58 bits per heavy atom. The topological polar surface area (TPSA) is 69.1 Å². The molecule has 0 aromatic carbocycles. The molecule has 0 amide bonds. The van der Waals surface area contributed by atoms with Gasteiger partial charge in [-0.1, -0.05) is 0 Å². The quantitative estimate of drug-likeness (QED) is 0.533. The molecule has 24 heavy (non-hydrogen) atoms. The average molecular weight is 333 g/mol. The monoisotopic (exact) mass is 333 g/mol. The van der Waals surface area contributed by atoms with Crippen LogP contribution in [-0.2, 0) is 6.18 Å². The zero-order chi connectivity index (χ0) is 17.1. The van der Waals surface area contributed by atoms with Crippen LogP contribution in [0, 0.1) is 13.8 Å². The summed E-state index contributed by atoms with van der Waals surface area (Å²) in [5.74, 6) is 0.202. The van der Waals surface area contributed by atoms with Gasteiger partial charge in [-0.3, -0.25) is 4.40 Å². The largest absolute Gasteiger partial charge is 0.422 e. The molecule has 0 fully saturated rings. The summed E-state index contributed by atoms with van der Waals surface area (Å²) in [6.45, 7) is 3.24. The number of imidazole rings is 1. The fourth-order valence-corrected chi connectivity index (χ4v) is 2.77. The van der Waals surface area contributed by atoms with E-state index in [-0.39, 0.29) is 22.6 Å². The predicted molar refractivity (Wildman–Crippen MR) is 78.3 cm³/mol. The van der Waals surface area contributed by atoms with Gasteiger partial charge < -0.3 is 4.42 Å². The Kier molecular flexibility index (Phi) is 2.90. The van der Waals surface area contributed by atoms with E-state index >= 15 is 0 Å². The normalized spacial score (nSPS) is 12.4. The average Bonchev–Trinajstić information content (AvgIpc) is 3.13. The van der Waals surface area contributed by atoms with Crippen molar-refractivity contribution in [1.82, 2.24) is 24.6 Å². The van der Waals surface area contributed by atoms with E-state index in [4.69, 9.17) is 4.42 Å². The van der Waals surface area contributed by atoms with E-state index in [1.165, 1.54) is 25.5 Å². The molecule has 0 saturated carbocycles. The first kappa shape index (κ1) is 14.6. The standard InChI is InChI=1S/C15H10F3N5O/c1-7-5-10(15(16,17)18)9-3-4-11-21-12(14-22-19-6-24-14)8(2)23(11)13(9)20-7/h3-6H,1-2H3. The van der Waals surface area contributed by atoms with Crippen molar-refractivity contribution in [1.29, 1.82) is 0 Å². The molecule has 0 aliphatic rings. The second kappa shape index (κ2) is 4.76. The molecule has 0 saturated heterocycles. The molecule has 4 rings (SSSR count). The molecule has 0 aliphatic carbocycles. The van der Waals surface area contributed by atoms with Gasteiger partial charge in [-0.2, -0.15) is 13.2 Å². The Balaban J connectivity index is 2.13. The summed E-state index contributed by atoms with van der Waals surface area (Å²) in [6.07, 6.45) is -3.30. The van der Waals surface area contributed by atoms with Gasteiger partial charge in [0.25, 0.3) is 5.89 Å². The van der Waals surface area contributed by atoms with E-state index in [0.29, 0.717) is 17.0 Å². The smallest absolute Gasteiger partial charge is 0.417 e. The van der Waals surface area contributed by atoms with Crippen LogP contribution in [0.4, 0.5) is 13.2 Å². The van der Waals surface area contributed by atoms with Gasteiger partial charge in [0.05, 0.1) is 11.3 Å². The summed E-state index contributed by atoms with van der Waals surface area (Å²) in [4.78, 5) is 8.66. The van der Waals surface area contributed by atoms with Crippen molar-refractivity contribution in [2.24, 2.45) is 0 Å². The predicted octanol–water partition coefficient (Wildman–Crippen LogP) is 3.57. The van der Waals surface area contributed by atoms with Gasteiger partial charge in [0.1, 0.15) is 17.0 Å². The fourth-order valence-electron chi connectivity index (χ4n) is 2.77. The van der Waals surface area contributed by atoms with Crippen LogP contribution >= 0.6 is 0 Å².